The van der Waals surface area contributed by atoms with E-state index in [9.17, 15) is 16.8 Å². The first kappa shape index (κ1) is 18.6. The Balaban J connectivity index is 1.96. The van der Waals surface area contributed by atoms with Crippen LogP contribution < -0.4 is 0 Å². The zero-order chi connectivity index (χ0) is 18.2. The van der Waals surface area contributed by atoms with Crippen molar-refractivity contribution in [3.63, 3.8) is 0 Å². The second kappa shape index (κ2) is 6.85. The van der Waals surface area contributed by atoms with Crippen molar-refractivity contribution in [3.8, 4) is 0 Å². The molecule has 0 spiro atoms. The van der Waals surface area contributed by atoms with Crippen LogP contribution in [0.1, 0.15) is 37.8 Å². The van der Waals surface area contributed by atoms with Gasteiger partial charge in [0, 0.05) is 12.6 Å². The topological polar surface area (TPSA) is 71.5 Å². The van der Waals surface area contributed by atoms with Crippen LogP contribution in [0.2, 0.25) is 0 Å². The summed E-state index contributed by atoms with van der Waals surface area (Å²) >= 11 is 0. The van der Waals surface area contributed by atoms with Gasteiger partial charge in [-0.25, -0.2) is 16.8 Å². The summed E-state index contributed by atoms with van der Waals surface area (Å²) in [5, 5.41) is 0. The highest BCUT2D eigenvalue weighted by Gasteiger charge is 2.40. The molecule has 1 unspecified atom stereocenters. The summed E-state index contributed by atoms with van der Waals surface area (Å²) in [6, 6.07) is 7.36. The normalized spacial score (nSPS) is 22.9. The molecule has 0 amide bonds. The third-order valence-electron chi connectivity index (χ3n) is 4.81. The summed E-state index contributed by atoms with van der Waals surface area (Å²) in [6.45, 7) is 4.26. The smallest absolute Gasteiger partial charge is 0.229 e. The van der Waals surface area contributed by atoms with Gasteiger partial charge in [0.2, 0.25) is 10.0 Å². The molecule has 138 valence electrons. The lowest BCUT2D eigenvalue weighted by Gasteiger charge is -2.31. The molecule has 0 saturated carbocycles. The van der Waals surface area contributed by atoms with Crippen LogP contribution in [0.15, 0.2) is 29.2 Å². The van der Waals surface area contributed by atoms with Crippen molar-refractivity contribution in [3.05, 3.63) is 40.3 Å². The van der Waals surface area contributed by atoms with E-state index in [2.05, 4.69) is 0 Å². The van der Waals surface area contributed by atoms with Gasteiger partial charge in [-0.2, -0.15) is 4.31 Å². The molecule has 1 heterocycles. The average molecular weight is 384 g/mol. The Morgan fingerprint density at radius 3 is 2.56 bits per heavy atom. The first-order valence-corrected chi connectivity index (χ1v) is 12.0. The average Bonchev–Trinajstić information content (AvgIpc) is 2.91. The van der Waals surface area contributed by atoms with Crippen LogP contribution in [0.5, 0.6) is 0 Å². The Morgan fingerprint density at radius 1 is 1.20 bits per heavy atom. The molecule has 1 fully saturated rings. The summed E-state index contributed by atoms with van der Waals surface area (Å²) in [5.41, 5.74) is 2.09. The minimum absolute atomic E-state index is 0.0666. The summed E-state index contributed by atoms with van der Waals surface area (Å²) in [6.07, 6.45) is 3.30. The Labute approximate surface area is 150 Å². The largest absolute Gasteiger partial charge is 0.239 e. The highest BCUT2D eigenvalue weighted by molar-refractivity contribution is 7.93. The molecular formula is C18H25NO4S2. The van der Waals surface area contributed by atoms with Gasteiger partial charge in [-0.3, -0.25) is 0 Å². The van der Waals surface area contributed by atoms with Crippen molar-refractivity contribution in [1.29, 1.82) is 0 Å². The van der Waals surface area contributed by atoms with Gasteiger partial charge in [0.1, 0.15) is 0 Å². The third kappa shape index (κ3) is 3.99. The third-order valence-corrected chi connectivity index (χ3v) is 8.61. The molecule has 0 aromatic heterocycles. The molecule has 1 aromatic rings. The number of allylic oxidation sites excluding steroid dienone is 1. The maximum Gasteiger partial charge on any atom is 0.239 e. The van der Waals surface area contributed by atoms with Gasteiger partial charge in [-0.1, -0.05) is 38.1 Å². The van der Waals surface area contributed by atoms with Gasteiger partial charge in [0.05, 0.1) is 16.4 Å². The second-order valence-electron chi connectivity index (χ2n) is 7.33. The molecule has 1 aromatic carbocycles. The van der Waals surface area contributed by atoms with Crippen molar-refractivity contribution in [2.75, 3.05) is 18.1 Å². The molecule has 1 aliphatic heterocycles. The van der Waals surface area contributed by atoms with Crippen LogP contribution >= 0.6 is 0 Å². The van der Waals surface area contributed by atoms with Gasteiger partial charge in [0.25, 0.3) is 0 Å². The quantitative estimate of drug-likeness (QED) is 0.783. The van der Waals surface area contributed by atoms with Gasteiger partial charge >= 0.3 is 0 Å². The van der Waals surface area contributed by atoms with E-state index in [1.807, 2.05) is 38.1 Å². The van der Waals surface area contributed by atoms with Crippen LogP contribution in [0.25, 0.3) is 6.08 Å². The SMILES string of the molecule is CC(C)CN(C1CCS(=O)(=O)C1)S(=O)(=O)C1=Cc2ccccc2CC1. The fourth-order valence-corrected chi connectivity index (χ4v) is 7.40. The van der Waals surface area contributed by atoms with Crippen molar-refractivity contribution in [1.82, 2.24) is 4.31 Å². The number of fused-ring (bicyclic) bond motifs is 1. The monoisotopic (exact) mass is 383 g/mol. The number of nitrogens with zero attached hydrogens (tertiary/aromatic N) is 1. The van der Waals surface area contributed by atoms with Gasteiger partial charge < -0.3 is 0 Å². The molecule has 1 saturated heterocycles. The molecule has 1 atom stereocenters. The van der Waals surface area contributed by atoms with Crippen LogP contribution in [0, 0.1) is 5.92 Å². The minimum Gasteiger partial charge on any atom is -0.229 e. The lowest BCUT2D eigenvalue weighted by molar-refractivity contribution is 0.310. The fraction of sp³-hybridized carbons (Fsp3) is 0.556. The Hall–Kier alpha value is -1.18. The number of sulfonamides is 1. The van der Waals surface area contributed by atoms with E-state index in [1.165, 1.54) is 4.31 Å². The molecule has 5 nitrogen and oxygen atoms in total. The number of hydrogen-bond donors (Lipinski definition) is 0. The second-order valence-corrected chi connectivity index (χ2v) is 11.5. The van der Waals surface area contributed by atoms with Gasteiger partial charge in [-0.05, 0) is 42.4 Å². The number of aryl methyl sites for hydroxylation is 1. The molecule has 0 bridgehead atoms. The van der Waals surface area contributed by atoms with Crippen LogP contribution in [0.3, 0.4) is 0 Å². The molecule has 0 N–H and O–H groups in total. The summed E-state index contributed by atoms with van der Waals surface area (Å²) in [5.74, 6) is 0.140. The standard InChI is InChI=1S/C18H25NO4S2/c1-14(2)12-19(17-9-10-24(20,21)13-17)25(22,23)18-8-7-15-5-3-4-6-16(15)11-18/h3-6,11,14,17H,7-10,12-13H2,1-2H3. The highest BCUT2D eigenvalue weighted by Crippen LogP contribution is 2.32. The summed E-state index contributed by atoms with van der Waals surface area (Å²) in [7, 11) is -6.81. The molecular weight excluding hydrogens is 358 g/mol. The Kier molecular flexibility index (Phi) is 5.10. The molecule has 0 radical (unpaired) electrons. The fourth-order valence-electron chi connectivity index (χ4n) is 3.57. The van der Waals surface area contributed by atoms with Crippen LogP contribution in [0.4, 0.5) is 0 Å². The zero-order valence-electron chi connectivity index (χ0n) is 14.7. The van der Waals surface area contributed by atoms with Crippen LogP contribution in [-0.2, 0) is 26.3 Å². The molecule has 7 heteroatoms. The first-order valence-electron chi connectivity index (χ1n) is 8.70. The molecule has 3 rings (SSSR count). The predicted octanol–water partition coefficient (Wildman–Crippen LogP) is 2.45. The van der Waals surface area contributed by atoms with E-state index in [-0.39, 0.29) is 17.4 Å². The van der Waals surface area contributed by atoms with Crippen LogP contribution in [-0.4, -0.2) is 45.2 Å². The number of rotatable bonds is 5. The molecule has 25 heavy (non-hydrogen) atoms. The maximum atomic E-state index is 13.3. The Morgan fingerprint density at radius 2 is 1.92 bits per heavy atom. The van der Waals surface area contributed by atoms with Crippen molar-refractivity contribution in [2.24, 2.45) is 5.92 Å². The van der Waals surface area contributed by atoms with Gasteiger partial charge in [0.15, 0.2) is 9.84 Å². The van der Waals surface area contributed by atoms with Crippen molar-refractivity contribution >= 4 is 25.9 Å². The van der Waals surface area contributed by atoms with E-state index < -0.39 is 25.9 Å². The van der Waals surface area contributed by atoms with E-state index in [1.54, 1.807) is 6.08 Å². The van der Waals surface area contributed by atoms with E-state index in [0.717, 1.165) is 11.1 Å². The van der Waals surface area contributed by atoms with E-state index in [4.69, 9.17) is 0 Å². The van der Waals surface area contributed by atoms with E-state index >= 15 is 0 Å². The summed E-state index contributed by atoms with van der Waals surface area (Å²) in [4.78, 5) is 0.399. The van der Waals surface area contributed by atoms with E-state index in [0.29, 0.717) is 30.7 Å². The predicted molar refractivity (Wildman–Crippen MR) is 100 cm³/mol. The number of sulfone groups is 1. The zero-order valence-corrected chi connectivity index (χ0v) is 16.3. The minimum atomic E-state index is -3.67. The summed E-state index contributed by atoms with van der Waals surface area (Å²) < 4.78 is 51.8. The molecule has 1 aliphatic carbocycles. The lowest BCUT2D eigenvalue weighted by Crippen LogP contribution is -2.43. The van der Waals surface area contributed by atoms with Crippen molar-refractivity contribution < 1.29 is 16.8 Å². The number of hydrogen-bond acceptors (Lipinski definition) is 4. The highest BCUT2D eigenvalue weighted by atomic mass is 32.2. The van der Waals surface area contributed by atoms with Gasteiger partial charge in [-0.15, -0.1) is 0 Å². The van der Waals surface area contributed by atoms with Crippen molar-refractivity contribution in [2.45, 2.75) is 39.2 Å². The number of benzene rings is 1. The molecule has 2 aliphatic rings. The Bertz CT molecular complexity index is 885. The maximum absolute atomic E-state index is 13.3. The lowest BCUT2D eigenvalue weighted by atomic mass is 9.98. The first-order chi connectivity index (χ1) is 11.7.